The monoisotopic (exact) mass is 378 g/mol. The number of benzene rings is 1. The molecule has 0 fully saturated rings. The zero-order valence-electron chi connectivity index (χ0n) is 14.5. The third-order valence-electron chi connectivity index (χ3n) is 3.84. The zero-order chi connectivity index (χ0) is 19.8. The van der Waals surface area contributed by atoms with Crippen LogP contribution in [0.4, 0.5) is 13.2 Å². The summed E-state index contributed by atoms with van der Waals surface area (Å²) in [6.45, 7) is 0. The molecule has 1 aromatic carbocycles. The lowest BCUT2D eigenvalue weighted by Gasteiger charge is -2.09. The van der Waals surface area contributed by atoms with Gasteiger partial charge >= 0.3 is 6.18 Å². The van der Waals surface area contributed by atoms with Crippen LogP contribution in [0, 0.1) is 0 Å². The van der Waals surface area contributed by atoms with Gasteiger partial charge in [0.05, 0.1) is 23.7 Å². The highest BCUT2D eigenvalue weighted by Crippen LogP contribution is 2.33. The molecule has 0 saturated heterocycles. The van der Waals surface area contributed by atoms with Crippen molar-refractivity contribution >= 4 is 16.9 Å². The topological polar surface area (TPSA) is 96.9 Å². The Labute approximate surface area is 152 Å². The summed E-state index contributed by atoms with van der Waals surface area (Å²) in [7, 11) is 3.12. The third kappa shape index (κ3) is 3.59. The van der Waals surface area contributed by atoms with E-state index in [0.717, 1.165) is 12.1 Å². The van der Waals surface area contributed by atoms with Crippen LogP contribution in [0.5, 0.6) is 0 Å². The fraction of sp³-hybridized carbons (Fsp3) is 0.176. The molecule has 3 aromatic rings. The van der Waals surface area contributed by atoms with E-state index in [4.69, 9.17) is 16.2 Å². The maximum absolute atomic E-state index is 13.0. The van der Waals surface area contributed by atoms with E-state index < -0.39 is 11.7 Å². The average Bonchev–Trinajstić information content (AvgIpc) is 3.21. The molecule has 0 bridgehead atoms. The Bertz CT molecular complexity index is 1040. The van der Waals surface area contributed by atoms with Gasteiger partial charge in [0.25, 0.3) is 0 Å². The number of nitrogens with two attached hydrogens (primary N) is 2. The number of rotatable bonds is 4. The maximum Gasteiger partial charge on any atom is 0.416 e. The Kier molecular flexibility index (Phi) is 4.56. The smallest absolute Gasteiger partial charge is 0.416 e. The zero-order valence-corrected chi connectivity index (χ0v) is 14.5. The number of aromatic nitrogens is 4. The van der Waals surface area contributed by atoms with E-state index in [1.165, 1.54) is 29.9 Å². The maximum atomic E-state index is 13.0. The van der Waals surface area contributed by atoms with Crippen molar-refractivity contribution in [3.63, 3.8) is 0 Å². The molecule has 27 heavy (non-hydrogen) atoms. The normalized spacial score (nSPS) is 13.4. The summed E-state index contributed by atoms with van der Waals surface area (Å²) in [5, 5.41) is 4.27. The summed E-state index contributed by atoms with van der Waals surface area (Å²) in [5.41, 5.74) is 11.9. The standard InChI is InChI=1S/C17H17F3N6O/c1-25-8-7-11(24-25)16-23-12-9-10(17(18,19)20)3-4-13(12)26(16)14(21)5-6-15(22)27-2/h3-9H,21-22H2,1-2H3/b14-5+,15-6+. The van der Waals surface area contributed by atoms with Crippen molar-refractivity contribution in [2.45, 2.75) is 6.18 Å². The van der Waals surface area contributed by atoms with Crippen LogP contribution in [-0.2, 0) is 18.0 Å². The minimum atomic E-state index is -4.47. The first kappa shape index (κ1) is 18.4. The molecule has 0 radical (unpaired) electrons. The van der Waals surface area contributed by atoms with E-state index in [1.807, 2.05) is 0 Å². The number of hydrogen-bond acceptors (Lipinski definition) is 5. The fourth-order valence-corrected chi connectivity index (χ4v) is 2.53. The largest absolute Gasteiger partial charge is 0.483 e. The van der Waals surface area contributed by atoms with Gasteiger partial charge in [-0.2, -0.15) is 18.3 Å². The first-order valence-electron chi connectivity index (χ1n) is 7.77. The number of hydrogen-bond donors (Lipinski definition) is 2. The van der Waals surface area contributed by atoms with Crippen LogP contribution < -0.4 is 11.5 Å². The molecule has 0 aliphatic rings. The number of ether oxygens (including phenoxy) is 1. The third-order valence-corrected chi connectivity index (χ3v) is 3.84. The molecule has 0 aliphatic heterocycles. The molecule has 0 saturated carbocycles. The first-order chi connectivity index (χ1) is 12.7. The van der Waals surface area contributed by atoms with Crippen molar-refractivity contribution in [2.75, 3.05) is 7.11 Å². The number of alkyl halides is 3. The van der Waals surface area contributed by atoms with Crippen LogP contribution in [0.25, 0.3) is 28.4 Å². The Morgan fingerprint density at radius 2 is 1.93 bits per heavy atom. The summed E-state index contributed by atoms with van der Waals surface area (Å²) in [6, 6.07) is 4.97. The molecule has 7 nitrogen and oxygen atoms in total. The number of aryl methyl sites for hydroxylation is 1. The number of halogens is 3. The van der Waals surface area contributed by atoms with Gasteiger partial charge in [-0.25, -0.2) is 4.98 Å². The van der Waals surface area contributed by atoms with Crippen LogP contribution in [0.2, 0.25) is 0 Å². The Balaban J connectivity index is 2.25. The van der Waals surface area contributed by atoms with Gasteiger partial charge in [0, 0.05) is 19.3 Å². The van der Waals surface area contributed by atoms with Crippen molar-refractivity contribution in [2.24, 2.45) is 18.5 Å². The lowest BCUT2D eigenvalue weighted by atomic mass is 10.2. The molecule has 0 amide bonds. The number of nitrogens with zero attached hydrogens (tertiary/aromatic N) is 4. The molecule has 2 aromatic heterocycles. The molecular formula is C17H17F3N6O. The number of allylic oxidation sites excluding steroid dienone is 2. The van der Waals surface area contributed by atoms with E-state index in [1.54, 1.807) is 24.0 Å². The fourth-order valence-electron chi connectivity index (χ4n) is 2.53. The molecular weight excluding hydrogens is 361 g/mol. The molecule has 3 rings (SSSR count). The quantitative estimate of drug-likeness (QED) is 0.537. The molecule has 2 heterocycles. The van der Waals surface area contributed by atoms with Crippen molar-refractivity contribution < 1.29 is 17.9 Å². The van der Waals surface area contributed by atoms with E-state index >= 15 is 0 Å². The second-order valence-electron chi connectivity index (χ2n) is 5.71. The molecule has 0 aliphatic carbocycles. The van der Waals surface area contributed by atoms with Crippen molar-refractivity contribution in [3.8, 4) is 11.5 Å². The van der Waals surface area contributed by atoms with E-state index in [2.05, 4.69) is 10.1 Å². The number of fused-ring (bicyclic) bond motifs is 1. The van der Waals surface area contributed by atoms with Gasteiger partial charge in [-0.15, -0.1) is 0 Å². The van der Waals surface area contributed by atoms with Gasteiger partial charge in [-0.3, -0.25) is 9.25 Å². The molecule has 4 N–H and O–H groups in total. The highest BCUT2D eigenvalue weighted by molar-refractivity contribution is 5.85. The molecule has 142 valence electrons. The van der Waals surface area contributed by atoms with Crippen LogP contribution in [0.3, 0.4) is 0 Å². The molecule has 0 atom stereocenters. The lowest BCUT2D eigenvalue weighted by molar-refractivity contribution is -0.137. The molecule has 10 heteroatoms. The van der Waals surface area contributed by atoms with E-state index in [-0.39, 0.29) is 17.2 Å². The van der Waals surface area contributed by atoms with Crippen molar-refractivity contribution in [1.82, 2.24) is 19.3 Å². The van der Waals surface area contributed by atoms with E-state index in [9.17, 15) is 13.2 Å². The predicted molar refractivity (Wildman–Crippen MR) is 94.7 cm³/mol. The van der Waals surface area contributed by atoms with Gasteiger partial charge in [0.2, 0.25) is 0 Å². The summed E-state index contributed by atoms with van der Waals surface area (Å²) in [5.74, 6) is 0.627. The van der Waals surface area contributed by atoms with Gasteiger partial charge in [0.15, 0.2) is 11.7 Å². The highest BCUT2D eigenvalue weighted by atomic mass is 19.4. The second-order valence-corrected chi connectivity index (χ2v) is 5.71. The van der Waals surface area contributed by atoms with Crippen LogP contribution in [0.15, 0.2) is 48.5 Å². The van der Waals surface area contributed by atoms with Gasteiger partial charge < -0.3 is 16.2 Å². The van der Waals surface area contributed by atoms with E-state index in [0.29, 0.717) is 17.0 Å². The van der Waals surface area contributed by atoms with Gasteiger partial charge in [0.1, 0.15) is 11.5 Å². The molecule has 0 unspecified atom stereocenters. The van der Waals surface area contributed by atoms with Crippen LogP contribution in [-0.4, -0.2) is 26.4 Å². The minimum Gasteiger partial charge on any atom is -0.483 e. The SMILES string of the molecule is CO/C(N)=C/C=C(\N)n1c(-c2ccn(C)n2)nc2cc(C(F)(F)F)ccc21. The lowest BCUT2D eigenvalue weighted by Crippen LogP contribution is -2.09. The highest BCUT2D eigenvalue weighted by Gasteiger charge is 2.31. The average molecular weight is 378 g/mol. The second kappa shape index (κ2) is 6.71. The Hall–Kier alpha value is -3.43. The first-order valence-corrected chi connectivity index (χ1v) is 7.77. The number of methoxy groups -OCH3 is 1. The predicted octanol–water partition coefficient (Wildman–Crippen LogP) is 2.66. The van der Waals surface area contributed by atoms with Crippen molar-refractivity contribution in [1.29, 1.82) is 0 Å². The Morgan fingerprint density at radius 3 is 2.52 bits per heavy atom. The van der Waals surface area contributed by atoms with Crippen LogP contribution in [0.1, 0.15) is 5.56 Å². The van der Waals surface area contributed by atoms with Crippen LogP contribution >= 0.6 is 0 Å². The van der Waals surface area contributed by atoms with Gasteiger partial charge in [-0.1, -0.05) is 0 Å². The Morgan fingerprint density at radius 1 is 1.19 bits per heavy atom. The number of imidazole rings is 1. The summed E-state index contributed by atoms with van der Waals surface area (Å²) in [4.78, 5) is 4.32. The minimum absolute atomic E-state index is 0.126. The molecule has 0 spiro atoms. The summed E-state index contributed by atoms with van der Waals surface area (Å²) >= 11 is 0. The summed E-state index contributed by atoms with van der Waals surface area (Å²) < 4.78 is 47.0. The van der Waals surface area contributed by atoms with Crippen molar-refractivity contribution in [3.05, 3.63) is 54.1 Å². The van der Waals surface area contributed by atoms with Gasteiger partial charge in [-0.05, 0) is 30.3 Å². The summed E-state index contributed by atoms with van der Waals surface area (Å²) in [6.07, 6.45) is 0.139.